The van der Waals surface area contributed by atoms with E-state index in [1.165, 1.54) is 24.3 Å². The molecule has 0 bridgehead atoms. The van der Waals surface area contributed by atoms with Crippen molar-refractivity contribution in [2.45, 2.75) is 43.4 Å². The third-order valence-corrected chi connectivity index (χ3v) is 6.75. The quantitative estimate of drug-likeness (QED) is 0.118. The summed E-state index contributed by atoms with van der Waals surface area (Å²) in [5.41, 5.74) is 7.72. The number of H-pyrrole nitrogens is 2. The van der Waals surface area contributed by atoms with Gasteiger partial charge in [0.1, 0.15) is 24.2 Å². The molecule has 3 amide bonds. The van der Waals surface area contributed by atoms with Gasteiger partial charge >= 0.3 is 5.97 Å². The van der Waals surface area contributed by atoms with Crippen molar-refractivity contribution in [3.8, 4) is 0 Å². The molecule has 0 aliphatic rings. The number of carboxylic acid groups (broad SMARTS) is 1. The van der Waals surface area contributed by atoms with Crippen molar-refractivity contribution in [3.63, 3.8) is 0 Å². The number of thioether (sulfide) groups is 1. The molecule has 2 heterocycles. The van der Waals surface area contributed by atoms with Gasteiger partial charge in [0.15, 0.2) is 0 Å². The fourth-order valence-corrected chi connectivity index (χ4v) is 4.43. The van der Waals surface area contributed by atoms with Crippen molar-refractivity contribution in [2.75, 3.05) is 18.6 Å². The topological polar surface area (TPSA) is 215 Å². The van der Waals surface area contributed by atoms with E-state index in [0.717, 1.165) is 16.5 Å². The SMILES string of the molecule is CSCCC(NC(=O)C(Cc1c[nH]c2ccccc12)NC(=O)C(Cc1cnc[nH]1)NC(=O)C(N)CO)C(=O)O. The highest BCUT2D eigenvalue weighted by Crippen LogP contribution is 2.19. The van der Waals surface area contributed by atoms with E-state index in [4.69, 9.17) is 5.73 Å². The number of aromatic nitrogens is 3. The van der Waals surface area contributed by atoms with E-state index in [9.17, 15) is 29.4 Å². The number of amides is 3. The average molecular weight is 560 g/mol. The molecular weight excluding hydrogens is 526 g/mol. The maximum Gasteiger partial charge on any atom is 0.326 e. The molecule has 1 aromatic carbocycles. The van der Waals surface area contributed by atoms with Crippen LogP contribution >= 0.6 is 11.8 Å². The Kier molecular flexibility index (Phi) is 10.9. The molecule has 0 aliphatic carbocycles. The summed E-state index contributed by atoms with van der Waals surface area (Å²) in [6.07, 6.45) is 6.71. The maximum absolute atomic E-state index is 13.4. The van der Waals surface area contributed by atoms with Gasteiger partial charge in [0.05, 0.1) is 12.9 Å². The molecule has 210 valence electrons. The van der Waals surface area contributed by atoms with Crippen LogP contribution < -0.4 is 21.7 Å². The highest BCUT2D eigenvalue weighted by atomic mass is 32.2. The van der Waals surface area contributed by atoms with Gasteiger partial charge in [0.2, 0.25) is 17.7 Å². The number of carbonyl (C=O) groups is 4. The van der Waals surface area contributed by atoms with Crippen LogP contribution in [-0.2, 0) is 32.0 Å². The van der Waals surface area contributed by atoms with Gasteiger partial charge < -0.3 is 41.9 Å². The lowest BCUT2D eigenvalue weighted by molar-refractivity contribution is -0.142. The van der Waals surface area contributed by atoms with Crippen LogP contribution in [0.5, 0.6) is 0 Å². The minimum absolute atomic E-state index is 0.00260. The summed E-state index contributed by atoms with van der Waals surface area (Å²) >= 11 is 1.45. The molecule has 0 spiro atoms. The number of carbonyl (C=O) groups excluding carboxylic acids is 3. The molecule has 2 aromatic heterocycles. The predicted octanol–water partition coefficient (Wildman–Crippen LogP) is -0.712. The lowest BCUT2D eigenvalue weighted by Gasteiger charge is -2.25. The van der Waals surface area contributed by atoms with Crippen molar-refractivity contribution >= 4 is 46.4 Å². The van der Waals surface area contributed by atoms with Crippen molar-refractivity contribution in [1.29, 1.82) is 0 Å². The van der Waals surface area contributed by atoms with E-state index >= 15 is 0 Å². The van der Waals surface area contributed by atoms with Gasteiger partial charge in [-0.25, -0.2) is 9.78 Å². The number of nitrogens with one attached hydrogen (secondary N) is 5. The number of aliphatic hydroxyl groups excluding tert-OH is 1. The number of nitrogens with zero attached hydrogens (tertiary/aromatic N) is 1. The Morgan fingerprint density at radius 1 is 1.00 bits per heavy atom. The Bertz CT molecular complexity index is 1260. The van der Waals surface area contributed by atoms with Crippen LogP contribution in [0.3, 0.4) is 0 Å². The number of benzene rings is 1. The van der Waals surface area contributed by atoms with Gasteiger partial charge in [-0.15, -0.1) is 0 Å². The summed E-state index contributed by atoms with van der Waals surface area (Å²) < 4.78 is 0. The molecule has 0 fully saturated rings. The van der Waals surface area contributed by atoms with E-state index in [2.05, 4.69) is 30.9 Å². The molecule has 9 N–H and O–H groups in total. The minimum atomic E-state index is -1.25. The maximum atomic E-state index is 13.4. The number of para-hydroxylation sites is 1. The Labute approximate surface area is 228 Å². The van der Waals surface area contributed by atoms with Crippen LogP contribution in [-0.4, -0.2) is 91.6 Å². The van der Waals surface area contributed by atoms with Crippen molar-refractivity contribution in [1.82, 2.24) is 30.9 Å². The Morgan fingerprint density at radius 3 is 2.31 bits per heavy atom. The first-order chi connectivity index (χ1) is 18.7. The van der Waals surface area contributed by atoms with Crippen LogP contribution in [0.4, 0.5) is 0 Å². The van der Waals surface area contributed by atoms with Gasteiger partial charge in [-0.05, 0) is 30.1 Å². The monoisotopic (exact) mass is 559 g/mol. The molecule has 14 heteroatoms. The lowest BCUT2D eigenvalue weighted by Crippen LogP contribution is -2.58. The molecule has 0 saturated carbocycles. The Balaban J connectivity index is 1.87. The molecule has 4 atom stereocenters. The van der Waals surface area contributed by atoms with Gasteiger partial charge in [-0.2, -0.15) is 11.8 Å². The number of fused-ring (bicyclic) bond motifs is 1. The number of nitrogens with two attached hydrogens (primary N) is 1. The fourth-order valence-electron chi connectivity index (χ4n) is 3.95. The number of carboxylic acids is 1. The van der Waals surface area contributed by atoms with Gasteiger partial charge in [0, 0.05) is 41.8 Å². The summed E-state index contributed by atoms with van der Waals surface area (Å²) in [4.78, 5) is 60.9. The number of aliphatic hydroxyl groups is 1. The molecule has 13 nitrogen and oxygen atoms in total. The zero-order chi connectivity index (χ0) is 28.4. The number of rotatable bonds is 15. The predicted molar refractivity (Wildman–Crippen MR) is 146 cm³/mol. The van der Waals surface area contributed by atoms with Crippen LogP contribution in [0, 0.1) is 0 Å². The van der Waals surface area contributed by atoms with E-state index in [-0.39, 0.29) is 19.3 Å². The number of aliphatic carboxylic acids is 1. The third-order valence-electron chi connectivity index (χ3n) is 6.10. The Morgan fingerprint density at radius 2 is 1.67 bits per heavy atom. The van der Waals surface area contributed by atoms with Gasteiger partial charge in [-0.1, -0.05) is 18.2 Å². The molecule has 3 aromatic rings. The van der Waals surface area contributed by atoms with Crippen LogP contribution in [0.1, 0.15) is 17.7 Å². The zero-order valence-corrected chi connectivity index (χ0v) is 22.2. The van der Waals surface area contributed by atoms with Crippen LogP contribution in [0.2, 0.25) is 0 Å². The first-order valence-electron chi connectivity index (χ1n) is 12.2. The van der Waals surface area contributed by atoms with E-state index < -0.39 is 54.5 Å². The van der Waals surface area contributed by atoms with Crippen molar-refractivity contribution < 1.29 is 29.4 Å². The molecule has 4 unspecified atom stereocenters. The largest absolute Gasteiger partial charge is 0.480 e. The van der Waals surface area contributed by atoms with Crippen LogP contribution in [0.25, 0.3) is 10.9 Å². The second-order valence-electron chi connectivity index (χ2n) is 8.94. The number of hydrogen-bond acceptors (Lipinski definition) is 8. The lowest BCUT2D eigenvalue weighted by atomic mass is 10.0. The third kappa shape index (κ3) is 8.30. The summed E-state index contributed by atoms with van der Waals surface area (Å²) in [6.45, 7) is -0.623. The normalized spacial score (nSPS) is 14.2. The highest BCUT2D eigenvalue weighted by Gasteiger charge is 2.31. The molecular formula is C25H33N7O6S. The molecule has 3 rings (SSSR count). The molecule has 0 radical (unpaired) electrons. The van der Waals surface area contributed by atoms with Crippen LogP contribution in [0.15, 0.2) is 43.0 Å². The summed E-state index contributed by atoms with van der Waals surface area (Å²) in [7, 11) is 0. The second kappa shape index (κ2) is 14.3. The minimum Gasteiger partial charge on any atom is -0.480 e. The highest BCUT2D eigenvalue weighted by molar-refractivity contribution is 7.98. The first kappa shape index (κ1) is 29.7. The molecule has 0 saturated heterocycles. The second-order valence-corrected chi connectivity index (χ2v) is 9.92. The van der Waals surface area contributed by atoms with E-state index in [0.29, 0.717) is 11.4 Å². The smallest absolute Gasteiger partial charge is 0.326 e. The van der Waals surface area contributed by atoms with Gasteiger partial charge in [0.25, 0.3) is 0 Å². The fraction of sp³-hybridized carbons (Fsp3) is 0.400. The molecule has 39 heavy (non-hydrogen) atoms. The number of aromatic amines is 2. The van der Waals surface area contributed by atoms with Crippen molar-refractivity contribution in [2.24, 2.45) is 5.73 Å². The summed E-state index contributed by atoms with van der Waals surface area (Å²) in [5, 5.41) is 27.4. The average Bonchev–Trinajstić information content (AvgIpc) is 3.59. The summed E-state index contributed by atoms with van der Waals surface area (Å²) in [6, 6.07) is 2.72. The van der Waals surface area contributed by atoms with E-state index in [1.807, 2.05) is 30.5 Å². The van der Waals surface area contributed by atoms with Crippen molar-refractivity contribution in [3.05, 3.63) is 54.2 Å². The Hall–Kier alpha value is -3.88. The standard InChI is InChI=1S/C25H33N7O6S/c1-39-7-6-19(25(37)38)30-23(35)20(8-14-10-28-18-5-3-2-4-16(14)18)32-24(36)21(9-15-11-27-13-29-15)31-22(34)17(26)12-33/h2-5,10-11,13,17,19-21,28,33H,6-9,12,26H2,1H3,(H,27,29)(H,30,35)(H,31,34)(H,32,36)(H,37,38). The number of hydrogen-bond donors (Lipinski definition) is 8. The molecule has 0 aliphatic heterocycles. The number of imidazole rings is 1. The first-order valence-corrected chi connectivity index (χ1v) is 13.6. The summed E-state index contributed by atoms with van der Waals surface area (Å²) in [5.74, 6) is -2.80. The van der Waals surface area contributed by atoms with Gasteiger partial charge in [-0.3, -0.25) is 14.4 Å². The zero-order valence-electron chi connectivity index (χ0n) is 21.3. The van der Waals surface area contributed by atoms with E-state index in [1.54, 1.807) is 6.20 Å².